The van der Waals surface area contributed by atoms with E-state index in [1.54, 1.807) is 6.92 Å². The van der Waals surface area contributed by atoms with Gasteiger partial charge in [-0.2, -0.15) is 0 Å². The van der Waals surface area contributed by atoms with E-state index < -0.39 is 0 Å². The third-order valence-electron chi connectivity index (χ3n) is 6.22. The normalized spacial score (nSPS) is 24.1. The standard InChI is InChI=1S/C21H28N4O2/c1-15(26)24-12-8-17(9-13-24)21(27)23-18-4-6-19(7-5-18)25-14-10-16-3-2-11-22-20(16)25/h2-3,10-11,14,17-19H,4-9,12-13H2,1H3,(H,23,27). The highest BCUT2D eigenvalue weighted by atomic mass is 16.2. The molecule has 1 aliphatic heterocycles. The zero-order valence-corrected chi connectivity index (χ0v) is 15.9. The smallest absolute Gasteiger partial charge is 0.223 e. The van der Waals surface area contributed by atoms with Crippen LogP contribution in [-0.2, 0) is 9.59 Å². The Hall–Kier alpha value is -2.37. The lowest BCUT2D eigenvalue weighted by Gasteiger charge is -2.34. The van der Waals surface area contributed by atoms with E-state index in [0.717, 1.165) is 44.2 Å². The van der Waals surface area contributed by atoms with Gasteiger partial charge in [0.15, 0.2) is 0 Å². The number of fused-ring (bicyclic) bond motifs is 1. The maximum absolute atomic E-state index is 12.6. The molecule has 0 aromatic carbocycles. The van der Waals surface area contributed by atoms with E-state index >= 15 is 0 Å². The van der Waals surface area contributed by atoms with Gasteiger partial charge in [-0.25, -0.2) is 4.98 Å². The molecule has 2 aromatic rings. The fourth-order valence-corrected chi connectivity index (χ4v) is 4.56. The average molecular weight is 368 g/mol. The van der Waals surface area contributed by atoms with Crippen molar-refractivity contribution in [3.63, 3.8) is 0 Å². The zero-order chi connectivity index (χ0) is 18.8. The Morgan fingerprint density at radius 2 is 1.81 bits per heavy atom. The van der Waals surface area contributed by atoms with Crippen LogP contribution in [0.5, 0.6) is 0 Å². The van der Waals surface area contributed by atoms with Gasteiger partial charge in [0.2, 0.25) is 11.8 Å². The third kappa shape index (κ3) is 3.84. The minimum atomic E-state index is 0.0518. The Balaban J connectivity index is 1.28. The number of hydrogen-bond donors (Lipinski definition) is 1. The molecule has 2 fully saturated rings. The second kappa shape index (κ2) is 7.71. The second-order valence-corrected chi connectivity index (χ2v) is 7.93. The van der Waals surface area contributed by atoms with E-state index in [2.05, 4.69) is 33.2 Å². The highest BCUT2D eigenvalue weighted by Crippen LogP contribution is 2.31. The average Bonchev–Trinajstić information content (AvgIpc) is 3.13. The van der Waals surface area contributed by atoms with Gasteiger partial charge in [-0.05, 0) is 56.7 Å². The topological polar surface area (TPSA) is 67.2 Å². The zero-order valence-electron chi connectivity index (χ0n) is 15.9. The van der Waals surface area contributed by atoms with Gasteiger partial charge in [0.1, 0.15) is 5.65 Å². The van der Waals surface area contributed by atoms with Crippen LogP contribution in [0.1, 0.15) is 51.5 Å². The number of pyridine rings is 1. The second-order valence-electron chi connectivity index (χ2n) is 7.93. The molecule has 144 valence electrons. The quantitative estimate of drug-likeness (QED) is 0.906. The van der Waals surface area contributed by atoms with E-state index in [-0.39, 0.29) is 23.8 Å². The molecule has 0 bridgehead atoms. The van der Waals surface area contributed by atoms with Crippen LogP contribution in [0.2, 0.25) is 0 Å². The first-order valence-electron chi connectivity index (χ1n) is 10.1. The summed E-state index contributed by atoms with van der Waals surface area (Å²) in [4.78, 5) is 30.4. The Labute approximate surface area is 159 Å². The van der Waals surface area contributed by atoms with Crippen LogP contribution >= 0.6 is 0 Å². The number of amides is 2. The summed E-state index contributed by atoms with van der Waals surface area (Å²) in [6.45, 7) is 3.00. The maximum Gasteiger partial charge on any atom is 0.223 e. The molecule has 6 heteroatoms. The van der Waals surface area contributed by atoms with E-state index in [9.17, 15) is 9.59 Å². The molecule has 2 aromatic heterocycles. The molecule has 3 heterocycles. The van der Waals surface area contributed by atoms with E-state index in [0.29, 0.717) is 19.1 Å². The molecule has 1 saturated carbocycles. The maximum atomic E-state index is 12.6. The van der Waals surface area contributed by atoms with Gasteiger partial charge in [0, 0.05) is 55.8 Å². The molecule has 0 unspecified atom stereocenters. The van der Waals surface area contributed by atoms with Crippen molar-refractivity contribution < 1.29 is 9.59 Å². The van der Waals surface area contributed by atoms with Crippen LogP contribution in [0.4, 0.5) is 0 Å². The predicted octanol–water partition coefficient (Wildman–Crippen LogP) is 2.89. The molecule has 1 saturated heterocycles. The van der Waals surface area contributed by atoms with Gasteiger partial charge in [-0.1, -0.05) is 0 Å². The predicted molar refractivity (Wildman–Crippen MR) is 104 cm³/mol. The minimum Gasteiger partial charge on any atom is -0.353 e. The summed E-state index contributed by atoms with van der Waals surface area (Å²) < 4.78 is 2.30. The van der Waals surface area contributed by atoms with Crippen LogP contribution in [0, 0.1) is 5.92 Å². The summed E-state index contributed by atoms with van der Waals surface area (Å²) in [6, 6.07) is 6.94. The fourth-order valence-electron chi connectivity index (χ4n) is 4.56. The molecule has 0 atom stereocenters. The fraction of sp³-hybridized carbons (Fsp3) is 0.571. The summed E-state index contributed by atoms with van der Waals surface area (Å²) in [5, 5.41) is 4.45. The van der Waals surface area contributed by atoms with Crippen molar-refractivity contribution in [3.8, 4) is 0 Å². The van der Waals surface area contributed by atoms with Crippen LogP contribution in [0.3, 0.4) is 0 Å². The van der Waals surface area contributed by atoms with Crippen molar-refractivity contribution in [2.75, 3.05) is 13.1 Å². The van der Waals surface area contributed by atoms with Crippen molar-refractivity contribution in [2.24, 2.45) is 5.92 Å². The van der Waals surface area contributed by atoms with Crippen molar-refractivity contribution >= 4 is 22.8 Å². The Bertz CT molecular complexity index is 814. The van der Waals surface area contributed by atoms with E-state index in [4.69, 9.17) is 0 Å². The summed E-state index contributed by atoms with van der Waals surface area (Å²) in [7, 11) is 0. The van der Waals surface area contributed by atoms with Crippen LogP contribution in [0.25, 0.3) is 11.0 Å². The molecular weight excluding hydrogens is 340 g/mol. The molecule has 0 radical (unpaired) electrons. The lowest BCUT2D eigenvalue weighted by Crippen LogP contribution is -2.45. The summed E-state index contributed by atoms with van der Waals surface area (Å²) >= 11 is 0. The molecule has 1 N–H and O–H groups in total. The summed E-state index contributed by atoms with van der Waals surface area (Å²) in [6.07, 6.45) is 9.70. The number of aromatic nitrogens is 2. The van der Waals surface area contributed by atoms with Crippen molar-refractivity contribution in [2.45, 2.75) is 57.5 Å². The van der Waals surface area contributed by atoms with Crippen LogP contribution < -0.4 is 5.32 Å². The third-order valence-corrected chi connectivity index (χ3v) is 6.22. The summed E-state index contributed by atoms with van der Waals surface area (Å²) in [5.74, 6) is 0.338. The van der Waals surface area contributed by atoms with Crippen LogP contribution in [-0.4, -0.2) is 45.4 Å². The molecule has 6 nitrogen and oxygen atoms in total. The Morgan fingerprint density at radius 1 is 1.07 bits per heavy atom. The number of nitrogens with zero attached hydrogens (tertiary/aromatic N) is 3. The lowest BCUT2D eigenvalue weighted by atomic mass is 9.89. The van der Waals surface area contributed by atoms with Gasteiger partial charge < -0.3 is 14.8 Å². The molecule has 27 heavy (non-hydrogen) atoms. The first kappa shape index (κ1) is 18.0. The number of carbonyl (C=O) groups excluding carboxylic acids is 2. The van der Waals surface area contributed by atoms with Gasteiger partial charge in [0.05, 0.1) is 0 Å². The molecule has 4 rings (SSSR count). The van der Waals surface area contributed by atoms with Gasteiger partial charge in [-0.15, -0.1) is 0 Å². The lowest BCUT2D eigenvalue weighted by molar-refractivity contribution is -0.134. The molecule has 2 amide bonds. The van der Waals surface area contributed by atoms with Crippen molar-refractivity contribution in [3.05, 3.63) is 30.6 Å². The molecular formula is C21H28N4O2. The summed E-state index contributed by atoms with van der Waals surface area (Å²) in [5.41, 5.74) is 1.06. The van der Waals surface area contributed by atoms with Gasteiger partial charge >= 0.3 is 0 Å². The monoisotopic (exact) mass is 368 g/mol. The van der Waals surface area contributed by atoms with Crippen molar-refractivity contribution in [1.29, 1.82) is 0 Å². The first-order valence-corrected chi connectivity index (χ1v) is 10.1. The van der Waals surface area contributed by atoms with E-state index in [1.807, 2.05) is 17.2 Å². The molecule has 2 aliphatic rings. The number of rotatable bonds is 3. The number of nitrogens with one attached hydrogen (secondary N) is 1. The first-order chi connectivity index (χ1) is 13.1. The van der Waals surface area contributed by atoms with Crippen LogP contribution in [0.15, 0.2) is 30.6 Å². The number of carbonyl (C=O) groups is 2. The van der Waals surface area contributed by atoms with Crippen molar-refractivity contribution in [1.82, 2.24) is 19.8 Å². The molecule has 1 aliphatic carbocycles. The van der Waals surface area contributed by atoms with Gasteiger partial charge in [0.25, 0.3) is 0 Å². The Kier molecular flexibility index (Phi) is 5.14. The highest BCUT2D eigenvalue weighted by molar-refractivity contribution is 5.80. The SMILES string of the molecule is CC(=O)N1CCC(C(=O)NC2CCC(n3ccc4cccnc43)CC2)CC1. The number of piperidine rings is 1. The van der Waals surface area contributed by atoms with E-state index in [1.165, 1.54) is 5.39 Å². The van der Waals surface area contributed by atoms with Gasteiger partial charge in [-0.3, -0.25) is 9.59 Å². The molecule has 0 spiro atoms. The Morgan fingerprint density at radius 3 is 2.52 bits per heavy atom. The number of hydrogen-bond acceptors (Lipinski definition) is 3. The minimum absolute atomic E-state index is 0.0518. The largest absolute Gasteiger partial charge is 0.353 e. The highest BCUT2D eigenvalue weighted by Gasteiger charge is 2.29. The number of likely N-dealkylation sites (tertiary alicyclic amines) is 1.